The van der Waals surface area contributed by atoms with E-state index in [1.54, 1.807) is 13.2 Å². The Hall–Kier alpha value is -3.21. The Morgan fingerprint density at radius 2 is 1.60 bits per heavy atom. The van der Waals surface area contributed by atoms with Crippen LogP contribution in [-0.4, -0.2) is 25.3 Å². The van der Waals surface area contributed by atoms with Crippen LogP contribution in [0.2, 0.25) is 0 Å². The monoisotopic (exact) mass is 336 g/mol. The van der Waals surface area contributed by atoms with Gasteiger partial charge in [-0.1, -0.05) is 30.3 Å². The summed E-state index contributed by atoms with van der Waals surface area (Å²) in [6.07, 6.45) is 0. The number of carbonyl (C=O) groups excluding carboxylic acids is 1. The molecule has 0 amide bonds. The van der Waals surface area contributed by atoms with E-state index >= 15 is 0 Å². The van der Waals surface area contributed by atoms with E-state index in [-0.39, 0.29) is 17.9 Å². The molecule has 1 aliphatic rings. The van der Waals surface area contributed by atoms with Gasteiger partial charge in [-0.2, -0.15) is 0 Å². The van der Waals surface area contributed by atoms with E-state index in [2.05, 4.69) is 0 Å². The number of phenols is 1. The number of phenolic OH excluding ortho intramolecular Hbond substituents is 1. The first kappa shape index (κ1) is 15.3. The largest absolute Gasteiger partial charge is 0.506 e. The highest BCUT2D eigenvalue weighted by Crippen LogP contribution is 2.47. The number of cyclic esters (lactones) is 1. The normalized spacial score (nSPS) is 12.8. The van der Waals surface area contributed by atoms with Gasteiger partial charge in [0.15, 0.2) is 11.5 Å². The summed E-state index contributed by atoms with van der Waals surface area (Å²) in [7, 11) is 3.09. The molecule has 3 aromatic carbocycles. The van der Waals surface area contributed by atoms with Gasteiger partial charge in [-0.15, -0.1) is 0 Å². The molecule has 1 heterocycles. The summed E-state index contributed by atoms with van der Waals surface area (Å²) in [6.45, 7) is 0.135. The Morgan fingerprint density at radius 1 is 0.960 bits per heavy atom. The van der Waals surface area contributed by atoms with Gasteiger partial charge >= 0.3 is 5.97 Å². The molecule has 0 radical (unpaired) electrons. The molecule has 5 heteroatoms. The molecular formula is C20H16O5. The highest BCUT2D eigenvalue weighted by molar-refractivity contribution is 6.12. The standard InChI is InChI=1S/C20H16O5/c1-23-15-8-12-13(9-16(15)24-2)19(21)18-14(10-25-20(18)22)17(12)11-6-4-3-5-7-11/h3-9,21H,10H2,1-2H3. The summed E-state index contributed by atoms with van der Waals surface area (Å²) < 4.78 is 15.9. The average Bonchev–Trinajstić information content (AvgIpc) is 3.03. The van der Waals surface area contributed by atoms with E-state index in [0.29, 0.717) is 22.4 Å². The molecule has 0 aromatic heterocycles. The molecule has 3 aromatic rings. The van der Waals surface area contributed by atoms with Gasteiger partial charge in [0.2, 0.25) is 0 Å². The van der Waals surface area contributed by atoms with Gasteiger partial charge in [0.05, 0.1) is 14.2 Å². The number of fused-ring (bicyclic) bond motifs is 2. The van der Waals surface area contributed by atoms with Crippen LogP contribution in [0.5, 0.6) is 17.2 Å². The zero-order chi connectivity index (χ0) is 17.6. The maximum absolute atomic E-state index is 12.2. The molecule has 0 fully saturated rings. The number of hydrogen-bond acceptors (Lipinski definition) is 5. The second-order valence-corrected chi connectivity index (χ2v) is 5.77. The summed E-state index contributed by atoms with van der Waals surface area (Å²) in [6, 6.07) is 13.2. The molecule has 5 nitrogen and oxygen atoms in total. The Kier molecular flexibility index (Phi) is 3.50. The first-order valence-electron chi connectivity index (χ1n) is 7.81. The van der Waals surface area contributed by atoms with Crippen LogP contribution in [0.4, 0.5) is 0 Å². The molecule has 126 valence electrons. The van der Waals surface area contributed by atoms with E-state index in [0.717, 1.165) is 16.5 Å². The molecule has 1 N–H and O–H groups in total. The van der Waals surface area contributed by atoms with E-state index in [1.165, 1.54) is 7.11 Å². The fourth-order valence-corrected chi connectivity index (χ4v) is 3.36. The van der Waals surface area contributed by atoms with Crippen LogP contribution >= 0.6 is 0 Å². The van der Waals surface area contributed by atoms with Gasteiger partial charge in [0.1, 0.15) is 17.9 Å². The lowest BCUT2D eigenvalue weighted by Gasteiger charge is -2.16. The Bertz CT molecular complexity index is 992. The zero-order valence-corrected chi connectivity index (χ0v) is 13.8. The summed E-state index contributed by atoms with van der Waals surface area (Å²) in [5, 5.41) is 12.0. The average molecular weight is 336 g/mol. The van der Waals surface area contributed by atoms with Crippen molar-refractivity contribution in [1.82, 2.24) is 0 Å². The molecule has 0 atom stereocenters. The van der Waals surface area contributed by atoms with Gasteiger partial charge in [-0.25, -0.2) is 4.79 Å². The van der Waals surface area contributed by atoms with E-state index in [4.69, 9.17) is 14.2 Å². The number of benzene rings is 3. The quantitative estimate of drug-likeness (QED) is 0.735. The minimum Gasteiger partial charge on any atom is -0.506 e. The Balaban J connectivity index is 2.18. The molecule has 1 aliphatic heterocycles. The predicted molar refractivity (Wildman–Crippen MR) is 93.3 cm³/mol. The lowest BCUT2D eigenvalue weighted by atomic mass is 9.89. The molecule has 0 unspecified atom stereocenters. The number of esters is 1. The molecule has 0 bridgehead atoms. The van der Waals surface area contributed by atoms with E-state index < -0.39 is 5.97 Å². The number of methoxy groups -OCH3 is 2. The lowest BCUT2D eigenvalue weighted by Crippen LogP contribution is -1.98. The van der Waals surface area contributed by atoms with Crippen molar-refractivity contribution in [3.05, 3.63) is 53.6 Å². The molecular weight excluding hydrogens is 320 g/mol. The van der Waals surface area contributed by atoms with Crippen LogP contribution in [0.1, 0.15) is 15.9 Å². The third-order valence-electron chi connectivity index (χ3n) is 4.50. The van der Waals surface area contributed by atoms with Crippen LogP contribution in [0.3, 0.4) is 0 Å². The van der Waals surface area contributed by atoms with Crippen LogP contribution < -0.4 is 9.47 Å². The number of aromatic hydroxyl groups is 1. The van der Waals surface area contributed by atoms with Crippen molar-refractivity contribution in [1.29, 1.82) is 0 Å². The minimum atomic E-state index is -0.513. The third-order valence-corrected chi connectivity index (χ3v) is 4.50. The Morgan fingerprint density at radius 3 is 2.24 bits per heavy atom. The van der Waals surface area contributed by atoms with E-state index in [9.17, 15) is 9.90 Å². The van der Waals surface area contributed by atoms with Crippen molar-refractivity contribution in [3.8, 4) is 28.4 Å². The summed E-state index contributed by atoms with van der Waals surface area (Å²) >= 11 is 0. The van der Waals surface area contributed by atoms with Gasteiger partial charge in [0.25, 0.3) is 0 Å². The highest BCUT2D eigenvalue weighted by Gasteiger charge is 2.31. The summed E-state index contributed by atoms with van der Waals surface area (Å²) in [5.74, 6) is 0.432. The summed E-state index contributed by atoms with van der Waals surface area (Å²) in [5.41, 5.74) is 2.71. The van der Waals surface area contributed by atoms with E-state index in [1.807, 2.05) is 36.4 Å². The minimum absolute atomic E-state index is 0.0897. The fraction of sp³-hybridized carbons (Fsp3) is 0.150. The molecule has 0 saturated heterocycles. The summed E-state index contributed by atoms with van der Waals surface area (Å²) in [4.78, 5) is 12.2. The fourth-order valence-electron chi connectivity index (χ4n) is 3.36. The first-order valence-corrected chi connectivity index (χ1v) is 7.81. The molecule has 0 saturated carbocycles. The van der Waals surface area contributed by atoms with Crippen LogP contribution in [0.15, 0.2) is 42.5 Å². The number of hydrogen-bond donors (Lipinski definition) is 1. The van der Waals surface area contributed by atoms with Crippen LogP contribution in [0, 0.1) is 0 Å². The van der Waals surface area contributed by atoms with Crippen molar-refractivity contribution in [3.63, 3.8) is 0 Å². The predicted octanol–water partition coefficient (Wildman–Crippen LogP) is 3.90. The van der Waals surface area contributed by atoms with Crippen molar-refractivity contribution in [2.24, 2.45) is 0 Å². The molecule has 0 spiro atoms. The van der Waals surface area contributed by atoms with Crippen LogP contribution in [0.25, 0.3) is 21.9 Å². The van der Waals surface area contributed by atoms with Gasteiger partial charge < -0.3 is 19.3 Å². The second-order valence-electron chi connectivity index (χ2n) is 5.77. The zero-order valence-electron chi connectivity index (χ0n) is 13.8. The topological polar surface area (TPSA) is 65.0 Å². The third kappa shape index (κ3) is 2.20. The lowest BCUT2D eigenvalue weighted by molar-refractivity contribution is 0.0533. The number of rotatable bonds is 3. The molecule has 0 aliphatic carbocycles. The van der Waals surface area contributed by atoms with Crippen molar-refractivity contribution >= 4 is 16.7 Å². The van der Waals surface area contributed by atoms with Crippen molar-refractivity contribution < 1.29 is 24.1 Å². The van der Waals surface area contributed by atoms with Crippen molar-refractivity contribution in [2.45, 2.75) is 6.61 Å². The SMILES string of the molecule is COc1cc2c(O)c3c(c(-c4ccccc4)c2cc1OC)COC3=O. The Labute approximate surface area is 144 Å². The van der Waals surface area contributed by atoms with Crippen molar-refractivity contribution in [2.75, 3.05) is 14.2 Å². The smallest absolute Gasteiger partial charge is 0.342 e. The number of carbonyl (C=O) groups is 1. The van der Waals surface area contributed by atoms with Gasteiger partial charge in [0, 0.05) is 10.9 Å². The maximum atomic E-state index is 12.2. The first-order chi connectivity index (χ1) is 12.2. The number of ether oxygens (including phenoxy) is 3. The highest BCUT2D eigenvalue weighted by atomic mass is 16.5. The second kappa shape index (κ2) is 5.70. The molecule has 25 heavy (non-hydrogen) atoms. The maximum Gasteiger partial charge on any atom is 0.342 e. The van der Waals surface area contributed by atoms with Gasteiger partial charge in [-0.3, -0.25) is 0 Å². The van der Waals surface area contributed by atoms with Gasteiger partial charge in [-0.05, 0) is 28.6 Å². The molecule has 4 rings (SSSR count). The van der Waals surface area contributed by atoms with Crippen LogP contribution in [-0.2, 0) is 11.3 Å².